The summed E-state index contributed by atoms with van der Waals surface area (Å²) in [5.74, 6) is 1.50. The molecule has 29 heavy (non-hydrogen) atoms. The molecule has 0 saturated carbocycles. The number of guanidine groups is 1. The third-order valence-corrected chi connectivity index (χ3v) is 4.81. The average molecular weight is 393 g/mol. The van der Waals surface area contributed by atoms with Gasteiger partial charge in [0.1, 0.15) is 11.8 Å². The minimum Gasteiger partial charge on any atom is -0.497 e. The van der Waals surface area contributed by atoms with Crippen LogP contribution in [0.2, 0.25) is 0 Å². The highest BCUT2D eigenvalue weighted by Gasteiger charge is 2.39. The standard InChI is InChI=1S/C21H23N5O3/c1-4-22-21-23-19-18(24-25-21)16-7-5-6-8-17(16)26(13(2)27)20(29-19)14-9-11-15(28-3)12-10-14/h5-12,18,20,24H,4H2,1-3H3,(H,22,25). The van der Waals surface area contributed by atoms with Crippen LogP contribution in [0.3, 0.4) is 0 Å². The summed E-state index contributed by atoms with van der Waals surface area (Å²) in [7, 11) is 1.61. The minimum absolute atomic E-state index is 0.132. The Morgan fingerprint density at radius 2 is 2.00 bits per heavy atom. The molecule has 0 fully saturated rings. The van der Waals surface area contributed by atoms with Crippen molar-refractivity contribution in [3.05, 3.63) is 59.7 Å². The zero-order valence-electron chi connectivity index (χ0n) is 16.5. The molecule has 2 aromatic rings. The van der Waals surface area contributed by atoms with Crippen molar-refractivity contribution in [1.82, 2.24) is 10.9 Å². The fourth-order valence-corrected chi connectivity index (χ4v) is 3.49. The normalized spacial score (nSPS) is 21.8. The lowest BCUT2D eigenvalue weighted by molar-refractivity contribution is -0.118. The van der Waals surface area contributed by atoms with Crippen LogP contribution >= 0.6 is 0 Å². The molecular formula is C21H23N5O3. The van der Waals surface area contributed by atoms with Crippen molar-refractivity contribution in [2.75, 3.05) is 18.6 Å². The van der Waals surface area contributed by atoms with Gasteiger partial charge in [-0.3, -0.25) is 20.1 Å². The maximum atomic E-state index is 12.7. The van der Waals surface area contributed by atoms with Crippen molar-refractivity contribution < 1.29 is 14.3 Å². The molecule has 2 aliphatic heterocycles. The predicted molar refractivity (Wildman–Crippen MR) is 111 cm³/mol. The maximum absolute atomic E-state index is 12.7. The summed E-state index contributed by atoms with van der Waals surface area (Å²) in [6, 6.07) is 14.8. The summed E-state index contributed by atoms with van der Waals surface area (Å²) >= 11 is 0. The molecule has 8 nitrogen and oxygen atoms in total. The lowest BCUT2D eigenvalue weighted by atomic mass is 10.0. The van der Waals surface area contributed by atoms with Crippen molar-refractivity contribution >= 4 is 23.5 Å². The number of hydrogen-bond donors (Lipinski definition) is 2. The van der Waals surface area contributed by atoms with Gasteiger partial charge in [0.2, 0.25) is 24.0 Å². The molecule has 2 aromatic carbocycles. The number of amides is 1. The Hall–Kier alpha value is -3.39. The highest BCUT2D eigenvalue weighted by molar-refractivity contribution is 6.02. The number of para-hydroxylation sites is 1. The van der Waals surface area contributed by atoms with Crippen LogP contribution in [0.25, 0.3) is 0 Å². The second kappa shape index (κ2) is 7.92. The quantitative estimate of drug-likeness (QED) is 0.837. The summed E-state index contributed by atoms with van der Waals surface area (Å²) < 4.78 is 11.6. The lowest BCUT2D eigenvalue weighted by Crippen LogP contribution is -2.47. The van der Waals surface area contributed by atoms with E-state index in [9.17, 15) is 4.79 Å². The molecule has 2 atom stereocenters. The molecule has 4 rings (SSSR count). The van der Waals surface area contributed by atoms with E-state index < -0.39 is 6.23 Å². The summed E-state index contributed by atoms with van der Waals surface area (Å²) in [6.45, 7) is 4.05. The maximum Gasteiger partial charge on any atom is 0.235 e. The van der Waals surface area contributed by atoms with E-state index in [4.69, 9.17) is 9.47 Å². The van der Waals surface area contributed by atoms with Gasteiger partial charge < -0.3 is 9.47 Å². The number of fused-ring (bicyclic) bond motifs is 3. The van der Waals surface area contributed by atoms with Crippen LogP contribution in [0.15, 0.2) is 58.5 Å². The number of rotatable bonds is 3. The van der Waals surface area contributed by atoms with Gasteiger partial charge in [-0.25, -0.2) is 5.43 Å². The van der Waals surface area contributed by atoms with Gasteiger partial charge in [0.05, 0.1) is 12.8 Å². The molecule has 0 saturated heterocycles. The van der Waals surface area contributed by atoms with E-state index in [1.807, 2.05) is 55.5 Å². The van der Waals surface area contributed by atoms with E-state index in [2.05, 4.69) is 20.8 Å². The summed E-state index contributed by atoms with van der Waals surface area (Å²) in [5, 5.41) is 0. The third kappa shape index (κ3) is 3.54. The Morgan fingerprint density at radius 1 is 1.24 bits per heavy atom. The van der Waals surface area contributed by atoms with Crippen molar-refractivity contribution in [2.24, 2.45) is 9.98 Å². The van der Waals surface area contributed by atoms with Gasteiger partial charge in [0.25, 0.3) is 0 Å². The fraction of sp³-hybridized carbons (Fsp3) is 0.286. The zero-order chi connectivity index (χ0) is 20.4. The van der Waals surface area contributed by atoms with E-state index in [0.717, 1.165) is 22.6 Å². The number of hydrogen-bond acceptors (Lipinski definition) is 5. The van der Waals surface area contributed by atoms with E-state index in [1.165, 1.54) is 6.92 Å². The van der Waals surface area contributed by atoms with Crippen molar-refractivity contribution in [2.45, 2.75) is 26.1 Å². The van der Waals surface area contributed by atoms with E-state index in [-0.39, 0.29) is 11.9 Å². The van der Waals surface area contributed by atoms with Gasteiger partial charge in [0, 0.05) is 24.6 Å². The number of ether oxygens (including phenoxy) is 2. The van der Waals surface area contributed by atoms with Crippen LogP contribution in [0.1, 0.15) is 37.2 Å². The van der Waals surface area contributed by atoms with Crippen LogP contribution in [0, 0.1) is 0 Å². The second-order valence-corrected chi connectivity index (χ2v) is 6.64. The first-order chi connectivity index (χ1) is 14.1. The molecular weight excluding hydrogens is 370 g/mol. The Kier molecular flexibility index (Phi) is 5.18. The van der Waals surface area contributed by atoms with Gasteiger partial charge >= 0.3 is 0 Å². The predicted octanol–water partition coefficient (Wildman–Crippen LogP) is 2.70. The largest absolute Gasteiger partial charge is 0.497 e. The monoisotopic (exact) mass is 393 g/mol. The van der Waals surface area contributed by atoms with Gasteiger partial charge in [-0.2, -0.15) is 4.99 Å². The van der Waals surface area contributed by atoms with Gasteiger partial charge in [-0.1, -0.05) is 18.2 Å². The van der Waals surface area contributed by atoms with E-state index in [0.29, 0.717) is 18.4 Å². The molecule has 0 bridgehead atoms. The topological polar surface area (TPSA) is 87.6 Å². The number of benzene rings is 2. The molecule has 2 unspecified atom stereocenters. The number of carbonyl (C=O) groups excluding carboxylic acids is 1. The Labute approximate surface area is 169 Å². The molecule has 0 aromatic heterocycles. The van der Waals surface area contributed by atoms with E-state index in [1.54, 1.807) is 12.0 Å². The smallest absolute Gasteiger partial charge is 0.235 e. The summed E-state index contributed by atoms with van der Waals surface area (Å²) in [4.78, 5) is 23.2. The Morgan fingerprint density at radius 3 is 2.69 bits per heavy atom. The number of nitrogens with zero attached hydrogens (tertiary/aromatic N) is 3. The Bertz CT molecular complexity index is 971. The van der Waals surface area contributed by atoms with Crippen molar-refractivity contribution in [3.63, 3.8) is 0 Å². The first kappa shape index (κ1) is 18.9. The average Bonchev–Trinajstić information content (AvgIpc) is 2.88. The molecule has 2 heterocycles. The molecule has 2 aliphatic rings. The lowest BCUT2D eigenvalue weighted by Gasteiger charge is -2.30. The number of carbonyl (C=O) groups is 1. The van der Waals surface area contributed by atoms with E-state index >= 15 is 0 Å². The summed E-state index contributed by atoms with van der Waals surface area (Å²) in [6.07, 6.45) is -0.675. The highest BCUT2D eigenvalue weighted by Crippen LogP contribution is 2.39. The fourth-order valence-electron chi connectivity index (χ4n) is 3.49. The summed E-state index contributed by atoms with van der Waals surface area (Å²) in [5.41, 5.74) is 8.69. The van der Waals surface area contributed by atoms with Gasteiger partial charge in [-0.15, -0.1) is 0 Å². The van der Waals surface area contributed by atoms with Crippen LogP contribution < -0.4 is 20.5 Å². The van der Waals surface area contributed by atoms with Crippen molar-refractivity contribution in [3.8, 4) is 5.75 Å². The Balaban J connectivity index is 1.87. The number of aliphatic imine (C=N–C) groups is 2. The minimum atomic E-state index is -0.675. The molecule has 0 radical (unpaired) electrons. The third-order valence-electron chi connectivity index (χ3n) is 4.81. The van der Waals surface area contributed by atoms with Crippen molar-refractivity contribution in [1.29, 1.82) is 0 Å². The second-order valence-electron chi connectivity index (χ2n) is 6.64. The van der Waals surface area contributed by atoms with Gasteiger partial charge in [-0.05, 0) is 37.3 Å². The van der Waals surface area contributed by atoms with Gasteiger partial charge in [0.15, 0.2) is 0 Å². The highest BCUT2D eigenvalue weighted by atomic mass is 16.5. The number of nitrogens with one attached hydrogen (secondary N) is 2. The molecule has 1 amide bonds. The molecule has 150 valence electrons. The van der Waals surface area contributed by atoms with Crippen LogP contribution in [-0.2, 0) is 9.53 Å². The first-order valence-electron chi connectivity index (χ1n) is 9.46. The SMILES string of the molecule is CCN=C1N=C2OC(c3ccc(OC)cc3)N(C(C)=O)c3ccccc3C2NN1. The first-order valence-corrected chi connectivity index (χ1v) is 9.46. The van der Waals surface area contributed by atoms with Crippen LogP contribution in [-0.4, -0.2) is 31.4 Å². The van der Waals surface area contributed by atoms with Crippen LogP contribution in [0.4, 0.5) is 5.69 Å². The molecule has 0 aliphatic carbocycles. The number of anilines is 1. The van der Waals surface area contributed by atoms with Crippen LogP contribution in [0.5, 0.6) is 5.75 Å². The number of methoxy groups -OCH3 is 1. The molecule has 8 heteroatoms. The molecule has 2 N–H and O–H groups in total. The zero-order valence-corrected chi connectivity index (χ0v) is 16.5. The molecule has 0 spiro atoms. The number of hydrazine groups is 1.